The standard InChI is InChI=1S/C29H20NO2.C5H8N2.Pt/c31-27-14-5-2-8-19(27)16-17-25-21-10-3-1-9-20(21)18-26(30-25)24-13-7-12-23-22-11-4-6-15-28(22)32-29(23)24;1-5-6-3-4-7(5)2;/h1-12,14-15,18,31H,16-17H2;3-4H,1-2H3;/q-1;;. The van der Waals surface area contributed by atoms with Gasteiger partial charge in [-0.25, -0.2) is 4.98 Å². The van der Waals surface area contributed by atoms with E-state index in [1.54, 1.807) is 12.3 Å². The quantitative estimate of drug-likeness (QED) is 0.190. The van der Waals surface area contributed by atoms with Crippen molar-refractivity contribution >= 4 is 32.7 Å². The van der Waals surface area contributed by atoms with Gasteiger partial charge in [0.15, 0.2) is 0 Å². The van der Waals surface area contributed by atoms with Crippen molar-refractivity contribution in [2.45, 2.75) is 19.8 Å². The van der Waals surface area contributed by atoms with Gasteiger partial charge in [-0.05, 0) is 48.5 Å². The Balaban J connectivity index is 0.000000355. The maximum absolute atomic E-state index is 10.2. The summed E-state index contributed by atoms with van der Waals surface area (Å²) >= 11 is 0. The van der Waals surface area contributed by atoms with Crippen LogP contribution in [-0.2, 0) is 41.0 Å². The number of phenols is 1. The molecule has 202 valence electrons. The molecule has 7 rings (SSSR count). The number of furan rings is 1. The molecule has 0 aliphatic carbocycles. The molecule has 0 aliphatic heterocycles. The number of nitrogens with zero attached hydrogens (tertiary/aromatic N) is 3. The van der Waals surface area contributed by atoms with Crippen molar-refractivity contribution in [3.8, 4) is 17.0 Å². The van der Waals surface area contributed by atoms with Crippen molar-refractivity contribution in [2.75, 3.05) is 0 Å². The van der Waals surface area contributed by atoms with E-state index in [0.29, 0.717) is 12.2 Å². The fraction of sp³-hybridized carbons (Fsp3) is 0.118. The van der Waals surface area contributed by atoms with Gasteiger partial charge in [-0.2, -0.15) is 0 Å². The van der Waals surface area contributed by atoms with Crippen molar-refractivity contribution in [3.63, 3.8) is 0 Å². The molecule has 0 saturated heterocycles. The number of imidazole rings is 1. The number of aromatic nitrogens is 3. The number of rotatable bonds is 4. The summed E-state index contributed by atoms with van der Waals surface area (Å²) in [5, 5.41) is 14.6. The SMILES string of the molecule is Cc1nccn1C.Oc1ccccc1CCc1nc(-c2[c-]ccc3c2oc2ccccc23)cc2ccccc12.[Pt]. The van der Waals surface area contributed by atoms with Crippen molar-refractivity contribution in [1.29, 1.82) is 0 Å². The molecular weight excluding hydrogens is 677 g/mol. The summed E-state index contributed by atoms with van der Waals surface area (Å²) in [4.78, 5) is 9.04. The molecule has 3 heterocycles. The van der Waals surface area contributed by atoms with E-state index in [9.17, 15) is 5.11 Å². The summed E-state index contributed by atoms with van der Waals surface area (Å²) in [6.07, 6.45) is 5.15. The number of phenolic OH excluding ortho intramolecular Hbond substituents is 1. The Bertz CT molecular complexity index is 1910. The summed E-state index contributed by atoms with van der Waals surface area (Å²) in [5.41, 5.74) is 5.32. The number of hydrogen-bond donors (Lipinski definition) is 1. The minimum atomic E-state index is 0. The van der Waals surface area contributed by atoms with Crippen LogP contribution < -0.4 is 0 Å². The van der Waals surface area contributed by atoms with Crippen LogP contribution in [0.4, 0.5) is 0 Å². The topological polar surface area (TPSA) is 64.1 Å². The van der Waals surface area contributed by atoms with E-state index in [0.717, 1.165) is 67.5 Å². The minimum absolute atomic E-state index is 0. The third-order valence-electron chi connectivity index (χ3n) is 7.10. The zero-order valence-electron chi connectivity index (χ0n) is 22.2. The van der Waals surface area contributed by atoms with Gasteiger partial charge in [-0.3, -0.25) is 0 Å². The molecule has 3 aromatic heterocycles. The molecule has 4 aromatic carbocycles. The molecule has 0 bridgehead atoms. The number of aromatic hydroxyl groups is 1. The van der Waals surface area contributed by atoms with E-state index in [1.807, 2.05) is 85.4 Å². The summed E-state index contributed by atoms with van der Waals surface area (Å²) < 4.78 is 8.20. The van der Waals surface area contributed by atoms with Gasteiger partial charge in [0.05, 0.1) is 5.58 Å². The number of benzene rings is 4. The van der Waals surface area contributed by atoms with Crippen LogP contribution in [0, 0.1) is 13.0 Å². The van der Waals surface area contributed by atoms with Crippen LogP contribution in [0.2, 0.25) is 0 Å². The van der Waals surface area contributed by atoms with Crippen molar-refractivity contribution in [2.24, 2.45) is 7.05 Å². The van der Waals surface area contributed by atoms with Gasteiger partial charge in [-0.1, -0.05) is 77.7 Å². The van der Waals surface area contributed by atoms with Crippen LogP contribution in [0.25, 0.3) is 44.0 Å². The Morgan fingerprint density at radius 1 is 0.875 bits per heavy atom. The van der Waals surface area contributed by atoms with Gasteiger partial charge in [-0.15, -0.1) is 18.2 Å². The first kappa shape index (κ1) is 27.4. The molecule has 0 unspecified atom stereocenters. The van der Waals surface area contributed by atoms with Gasteiger partial charge in [0.2, 0.25) is 0 Å². The Kier molecular flexibility index (Phi) is 8.13. The normalized spacial score (nSPS) is 10.8. The summed E-state index contributed by atoms with van der Waals surface area (Å²) in [6, 6.07) is 33.3. The second-order valence-corrected chi connectivity index (χ2v) is 9.58. The molecule has 1 N–H and O–H groups in total. The Hall–Kier alpha value is -4.21. The summed E-state index contributed by atoms with van der Waals surface area (Å²) in [5.74, 6) is 1.38. The smallest absolute Gasteiger partial charge is 0.120 e. The zero-order valence-corrected chi connectivity index (χ0v) is 24.5. The average molecular weight is 706 g/mol. The summed E-state index contributed by atoms with van der Waals surface area (Å²) in [6.45, 7) is 1.97. The monoisotopic (exact) mass is 705 g/mol. The van der Waals surface area contributed by atoms with E-state index in [2.05, 4.69) is 35.3 Å². The second-order valence-electron chi connectivity index (χ2n) is 9.58. The third kappa shape index (κ3) is 5.43. The van der Waals surface area contributed by atoms with Crippen LogP contribution in [0.5, 0.6) is 5.75 Å². The fourth-order valence-corrected chi connectivity index (χ4v) is 4.89. The van der Waals surface area contributed by atoms with E-state index in [-0.39, 0.29) is 21.1 Å². The largest absolute Gasteiger partial charge is 0.508 e. The second kappa shape index (κ2) is 11.9. The van der Waals surface area contributed by atoms with E-state index < -0.39 is 0 Å². The van der Waals surface area contributed by atoms with E-state index in [4.69, 9.17) is 9.40 Å². The molecule has 6 heteroatoms. The van der Waals surface area contributed by atoms with Crippen LogP contribution in [0.1, 0.15) is 17.1 Å². The van der Waals surface area contributed by atoms with Crippen molar-refractivity contribution < 1.29 is 30.6 Å². The Labute approximate surface area is 247 Å². The molecule has 0 saturated carbocycles. The molecule has 40 heavy (non-hydrogen) atoms. The zero-order chi connectivity index (χ0) is 26.8. The first-order chi connectivity index (χ1) is 19.1. The van der Waals surface area contributed by atoms with E-state index in [1.165, 1.54) is 0 Å². The molecular formula is C34H28N3O2Pt-. The first-order valence-corrected chi connectivity index (χ1v) is 13.0. The van der Waals surface area contributed by atoms with Gasteiger partial charge in [0.25, 0.3) is 0 Å². The van der Waals surface area contributed by atoms with Gasteiger partial charge < -0.3 is 19.1 Å². The number of hydrogen-bond acceptors (Lipinski definition) is 4. The molecule has 0 fully saturated rings. The van der Waals surface area contributed by atoms with Crippen molar-refractivity contribution in [1.82, 2.24) is 14.5 Å². The summed E-state index contributed by atoms with van der Waals surface area (Å²) in [7, 11) is 1.97. The number of aryl methyl sites for hydroxylation is 4. The fourth-order valence-electron chi connectivity index (χ4n) is 4.89. The van der Waals surface area contributed by atoms with Crippen molar-refractivity contribution in [3.05, 3.63) is 127 Å². The average Bonchev–Trinajstić information content (AvgIpc) is 3.54. The molecule has 0 atom stereocenters. The maximum atomic E-state index is 10.2. The Morgan fingerprint density at radius 2 is 1.62 bits per heavy atom. The molecule has 0 amide bonds. The first-order valence-electron chi connectivity index (χ1n) is 13.0. The van der Waals surface area contributed by atoms with Crippen LogP contribution in [0.3, 0.4) is 0 Å². The minimum Gasteiger partial charge on any atom is -0.508 e. The maximum Gasteiger partial charge on any atom is 0.120 e. The predicted octanol–water partition coefficient (Wildman–Crippen LogP) is 7.82. The molecule has 0 aliphatic rings. The van der Waals surface area contributed by atoms with Crippen LogP contribution >= 0.6 is 0 Å². The molecule has 7 aromatic rings. The van der Waals surface area contributed by atoms with Gasteiger partial charge in [0.1, 0.15) is 17.2 Å². The Morgan fingerprint density at radius 3 is 2.38 bits per heavy atom. The molecule has 0 spiro atoms. The van der Waals surface area contributed by atoms with Crippen LogP contribution in [-0.4, -0.2) is 19.6 Å². The van der Waals surface area contributed by atoms with Gasteiger partial charge in [0, 0.05) is 57.0 Å². The molecule has 0 radical (unpaired) electrons. The predicted molar refractivity (Wildman–Crippen MR) is 157 cm³/mol. The number of pyridine rings is 1. The van der Waals surface area contributed by atoms with Gasteiger partial charge >= 0.3 is 0 Å². The number of fused-ring (bicyclic) bond motifs is 4. The molecule has 5 nitrogen and oxygen atoms in total. The van der Waals surface area contributed by atoms with Crippen LogP contribution in [0.15, 0.2) is 108 Å². The number of para-hydroxylation sites is 2. The third-order valence-corrected chi connectivity index (χ3v) is 7.10. The van der Waals surface area contributed by atoms with E-state index >= 15 is 0 Å².